The maximum atomic E-state index is 14.8. The van der Waals surface area contributed by atoms with E-state index < -0.39 is 23.0 Å². The molecule has 26 heavy (non-hydrogen) atoms. The monoisotopic (exact) mass is 354 g/mol. The lowest BCUT2D eigenvalue weighted by atomic mass is 9.82. The number of imide groups is 1. The average molecular weight is 354 g/mol. The summed E-state index contributed by atoms with van der Waals surface area (Å²) in [4.78, 5) is 26.0. The quantitative estimate of drug-likeness (QED) is 0.668. The van der Waals surface area contributed by atoms with Gasteiger partial charge >= 0.3 is 0 Å². The smallest absolute Gasteiger partial charge is 0.253 e. The third kappa shape index (κ3) is 2.57. The standard InChI is InChI=1S/C20H19FN2O3/c1-5-14-16-13(7-8-15(26-4)17(16)21)10-23(14)11-20(6-2)9-12(3)18(24)22-19(20)25/h2,5,7-9H,10-11H2,1,3-4H3,(H,22,24,25). The molecule has 0 fully saturated rings. The Labute approximate surface area is 151 Å². The lowest BCUT2D eigenvalue weighted by Crippen LogP contribution is -2.51. The topological polar surface area (TPSA) is 58.6 Å². The number of nitrogens with one attached hydrogen (secondary N) is 1. The summed E-state index contributed by atoms with van der Waals surface area (Å²) >= 11 is 0. The van der Waals surface area contributed by atoms with Gasteiger partial charge in [0.1, 0.15) is 5.41 Å². The van der Waals surface area contributed by atoms with Crippen LogP contribution in [0.25, 0.3) is 5.70 Å². The SMILES string of the molecule is C#CC1(CN2Cc3ccc(OC)c(F)c3C2=CC)C=C(C)C(=O)NC1=O. The summed E-state index contributed by atoms with van der Waals surface area (Å²) in [6, 6.07) is 3.38. The molecule has 1 aromatic carbocycles. The first-order valence-corrected chi connectivity index (χ1v) is 8.17. The molecule has 2 aliphatic heterocycles. The van der Waals surface area contributed by atoms with E-state index >= 15 is 0 Å². The van der Waals surface area contributed by atoms with Gasteiger partial charge in [-0.3, -0.25) is 14.9 Å². The zero-order valence-electron chi connectivity index (χ0n) is 14.9. The van der Waals surface area contributed by atoms with Crippen LogP contribution in [-0.2, 0) is 16.1 Å². The third-order valence-electron chi connectivity index (χ3n) is 4.80. The molecule has 134 valence electrons. The number of carbonyl (C=O) groups excluding carboxylic acids is 2. The van der Waals surface area contributed by atoms with Gasteiger partial charge in [-0.25, -0.2) is 4.39 Å². The Kier molecular flexibility index (Phi) is 4.33. The summed E-state index contributed by atoms with van der Waals surface area (Å²) in [6.07, 6.45) is 8.97. The van der Waals surface area contributed by atoms with Crippen molar-refractivity contribution in [1.29, 1.82) is 0 Å². The minimum Gasteiger partial charge on any atom is -0.494 e. The van der Waals surface area contributed by atoms with Crippen molar-refractivity contribution in [2.45, 2.75) is 20.4 Å². The van der Waals surface area contributed by atoms with Crippen LogP contribution in [0, 0.1) is 23.6 Å². The highest BCUT2D eigenvalue weighted by Crippen LogP contribution is 2.40. The molecule has 0 saturated heterocycles. The molecule has 0 spiro atoms. The number of terminal acetylenes is 1. The molecule has 1 unspecified atom stereocenters. The molecule has 1 N–H and O–H groups in total. The van der Waals surface area contributed by atoms with E-state index in [0.29, 0.717) is 23.4 Å². The first kappa shape index (κ1) is 17.7. The summed E-state index contributed by atoms with van der Waals surface area (Å²) in [5.74, 6) is 1.25. The second-order valence-corrected chi connectivity index (χ2v) is 6.37. The molecule has 2 amide bonds. The van der Waals surface area contributed by atoms with Gasteiger partial charge in [0, 0.05) is 29.9 Å². The van der Waals surface area contributed by atoms with Gasteiger partial charge in [0.05, 0.1) is 7.11 Å². The van der Waals surface area contributed by atoms with Gasteiger partial charge in [-0.1, -0.05) is 18.1 Å². The minimum absolute atomic E-state index is 0.135. The van der Waals surface area contributed by atoms with E-state index in [2.05, 4.69) is 11.2 Å². The van der Waals surface area contributed by atoms with Crippen LogP contribution in [0.1, 0.15) is 25.0 Å². The highest BCUT2D eigenvalue weighted by atomic mass is 19.1. The molecular formula is C20H19FN2O3. The van der Waals surface area contributed by atoms with Crippen LogP contribution in [0.15, 0.2) is 29.9 Å². The Bertz CT molecular complexity index is 910. The molecule has 1 aromatic rings. The third-order valence-corrected chi connectivity index (χ3v) is 4.80. The van der Waals surface area contributed by atoms with E-state index in [9.17, 15) is 14.0 Å². The number of benzene rings is 1. The van der Waals surface area contributed by atoms with Crippen LogP contribution in [0.3, 0.4) is 0 Å². The van der Waals surface area contributed by atoms with Crippen molar-refractivity contribution in [2.24, 2.45) is 5.41 Å². The van der Waals surface area contributed by atoms with Gasteiger partial charge in [0.15, 0.2) is 11.6 Å². The maximum absolute atomic E-state index is 14.8. The van der Waals surface area contributed by atoms with Crippen molar-refractivity contribution in [1.82, 2.24) is 10.2 Å². The van der Waals surface area contributed by atoms with Crippen LogP contribution >= 0.6 is 0 Å². The molecule has 0 aromatic heterocycles. The fraction of sp³-hybridized carbons (Fsp3) is 0.300. The van der Waals surface area contributed by atoms with Gasteiger partial charge < -0.3 is 9.64 Å². The Morgan fingerprint density at radius 3 is 2.81 bits per heavy atom. The zero-order chi connectivity index (χ0) is 19.1. The predicted molar refractivity (Wildman–Crippen MR) is 95.2 cm³/mol. The van der Waals surface area contributed by atoms with Crippen molar-refractivity contribution in [3.05, 3.63) is 46.8 Å². The number of halogens is 1. The second kappa shape index (κ2) is 6.34. The van der Waals surface area contributed by atoms with Gasteiger partial charge in [-0.15, -0.1) is 6.42 Å². The van der Waals surface area contributed by atoms with Crippen LogP contribution in [0.2, 0.25) is 0 Å². The number of ether oxygens (including phenoxy) is 1. The molecule has 1 atom stereocenters. The average Bonchev–Trinajstić information content (AvgIpc) is 2.97. The highest BCUT2D eigenvalue weighted by molar-refractivity contribution is 6.10. The number of hydrogen-bond acceptors (Lipinski definition) is 4. The molecule has 0 saturated carbocycles. The van der Waals surface area contributed by atoms with E-state index in [0.717, 1.165) is 5.56 Å². The zero-order valence-corrected chi connectivity index (χ0v) is 14.9. The lowest BCUT2D eigenvalue weighted by molar-refractivity contribution is -0.133. The first-order chi connectivity index (χ1) is 12.4. The minimum atomic E-state index is -1.30. The summed E-state index contributed by atoms with van der Waals surface area (Å²) in [6.45, 7) is 3.95. The Hall–Kier alpha value is -3.07. The van der Waals surface area contributed by atoms with E-state index in [1.54, 1.807) is 32.1 Å². The number of amides is 2. The van der Waals surface area contributed by atoms with Gasteiger partial charge in [0.25, 0.3) is 11.8 Å². The number of methoxy groups -OCH3 is 1. The van der Waals surface area contributed by atoms with E-state index in [1.165, 1.54) is 13.2 Å². The lowest BCUT2D eigenvalue weighted by Gasteiger charge is -2.33. The maximum Gasteiger partial charge on any atom is 0.253 e. The fourth-order valence-electron chi connectivity index (χ4n) is 3.47. The van der Waals surface area contributed by atoms with Crippen LogP contribution in [-0.4, -0.2) is 30.4 Å². The molecular weight excluding hydrogens is 335 g/mol. The van der Waals surface area contributed by atoms with Crippen LogP contribution in [0.4, 0.5) is 4.39 Å². The highest BCUT2D eigenvalue weighted by Gasteiger charge is 2.43. The summed E-state index contributed by atoms with van der Waals surface area (Å²) in [5, 5.41) is 2.30. The first-order valence-electron chi connectivity index (χ1n) is 8.17. The number of fused-ring (bicyclic) bond motifs is 1. The Morgan fingerprint density at radius 1 is 1.46 bits per heavy atom. The van der Waals surface area contributed by atoms with Gasteiger partial charge in [-0.2, -0.15) is 0 Å². The predicted octanol–water partition coefficient (Wildman–Crippen LogP) is 2.23. The summed E-state index contributed by atoms with van der Waals surface area (Å²) in [5.41, 5.74) is 0.967. The van der Waals surface area contributed by atoms with Crippen LogP contribution < -0.4 is 10.1 Å². The summed E-state index contributed by atoms with van der Waals surface area (Å²) in [7, 11) is 1.41. The van der Waals surface area contributed by atoms with Crippen molar-refractivity contribution in [3.8, 4) is 18.1 Å². The number of nitrogens with zero attached hydrogens (tertiary/aromatic N) is 1. The number of hydrogen-bond donors (Lipinski definition) is 1. The fourth-order valence-corrected chi connectivity index (χ4v) is 3.47. The van der Waals surface area contributed by atoms with Gasteiger partial charge in [0.2, 0.25) is 0 Å². The molecule has 2 aliphatic rings. The molecule has 3 rings (SSSR count). The number of carbonyl (C=O) groups is 2. The Balaban J connectivity index is 2.01. The van der Waals surface area contributed by atoms with E-state index in [4.69, 9.17) is 11.2 Å². The number of allylic oxidation sites excluding steroid dienone is 1. The van der Waals surface area contributed by atoms with Crippen molar-refractivity contribution >= 4 is 17.5 Å². The number of rotatable bonds is 3. The summed E-state index contributed by atoms with van der Waals surface area (Å²) < 4.78 is 19.8. The Morgan fingerprint density at radius 2 is 2.19 bits per heavy atom. The normalized spacial score (nSPS) is 23.4. The molecule has 0 bridgehead atoms. The van der Waals surface area contributed by atoms with Crippen molar-refractivity contribution in [3.63, 3.8) is 0 Å². The van der Waals surface area contributed by atoms with E-state index in [-0.39, 0.29) is 12.3 Å². The molecule has 6 heteroatoms. The van der Waals surface area contributed by atoms with E-state index in [1.807, 2.05) is 4.90 Å². The largest absolute Gasteiger partial charge is 0.494 e. The molecule has 0 radical (unpaired) electrons. The van der Waals surface area contributed by atoms with Crippen molar-refractivity contribution < 1.29 is 18.7 Å². The molecule has 2 heterocycles. The van der Waals surface area contributed by atoms with Crippen molar-refractivity contribution in [2.75, 3.05) is 13.7 Å². The second-order valence-electron chi connectivity index (χ2n) is 6.37. The molecule has 0 aliphatic carbocycles. The molecule has 5 nitrogen and oxygen atoms in total. The van der Waals surface area contributed by atoms with Crippen LogP contribution in [0.5, 0.6) is 5.75 Å². The van der Waals surface area contributed by atoms with Gasteiger partial charge in [-0.05, 0) is 31.6 Å².